The second-order valence-electron chi connectivity index (χ2n) is 3.47. The van der Waals surface area contributed by atoms with E-state index in [4.69, 9.17) is 0 Å². The van der Waals surface area contributed by atoms with Crippen molar-refractivity contribution in [3.63, 3.8) is 0 Å². The zero-order valence-electron chi connectivity index (χ0n) is 9.07. The average Bonchev–Trinajstić information content (AvgIpc) is 2.17. The highest BCUT2D eigenvalue weighted by atomic mass is 16.2. The van der Waals surface area contributed by atoms with Crippen molar-refractivity contribution in [2.45, 2.75) is 26.8 Å². The van der Waals surface area contributed by atoms with E-state index >= 15 is 0 Å². The average molecular weight is 206 g/mol. The van der Waals surface area contributed by atoms with Gasteiger partial charge in [0.15, 0.2) is 5.78 Å². The summed E-state index contributed by atoms with van der Waals surface area (Å²) in [6, 6.07) is 4.72. The third-order valence-corrected chi connectivity index (χ3v) is 2.08. The third-order valence-electron chi connectivity index (χ3n) is 2.08. The summed E-state index contributed by atoms with van der Waals surface area (Å²) in [5, 5.41) is 2.57. The number of nitrogens with zero attached hydrogens (tertiary/aromatic N) is 1. The number of carbonyl (C=O) groups excluding carboxylic acids is 2. The maximum Gasteiger partial charge on any atom is 0.270 e. The molecule has 0 aliphatic heterocycles. The Morgan fingerprint density at radius 2 is 2.07 bits per heavy atom. The van der Waals surface area contributed by atoms with Gasteiger partial charge in [-0.25, -0.2) is 4.98 Å². The highest BCUT2D eigenvalue weighted by Gasteiger charge is 2.13. The second kappa shape index (κ2) is 4.68. The van der Waals surface area contributed by atoms with Crippen LogP contribution in [0.2, 0.25) is 0 Å². The highest BCUT2D eigenvalue weighted by Crippen LogP contribution is 1.98. The molecule has 0 aromatic carbocycles. The molecule has 0 bridgehead atoms. The van der Waals surface area contributed by atoms with Crippen LogP contribution in [0, 0.1) is 6.92 Å². The summed E-state index contributed by atoms with van der Waals surface area (Å²) in [7, 11) is 0. The van der Waals surface area contributed by atoms with Gasteiger partial charge in [0, 0.05) is 5.69 Å². The number of hydrogen-bond acceptors (Lipinski definition) is 3. The molecule has 1 rings (SSSR count). The first kappa shape index (κ1) is 11.4. The Balaban J connectivity index is 2.73. The maximum absolute atomic E-state index is 11.6. The van der Waals surface area contributed by atoms with Crippen LogP contribution in [0.1, 0.15) is 30.0 Å². The number of carbonyl (C=O) groups is 2. The van der Waals surface area contributed by atoms with Crippen molar-refractivity contribution in [3.05, 3.63) is 29.6 Å². The molecule has 0 spiro atoms. The molecule has 1 amide bonds. The van der Waals surface area contributed by atoms with Crippen LogP contribution in [0.25, 0.3) is 0 Å². The number of rotatable bonds is 3. The Kier molecular flexibility index (Phi) is 3.55. The van der Waals surface area contributed by atoms with Crippen LogP contribution in [0.4, 0.5) is 0 Å². The van der Waals surface area contributed by atoms with Crippen LogP contribution >= 0.6 is 0 Å². The van der Waals surface area contributed by atoms with Gasteiger partial charge in [-0.3, -0.25) is 9.59 Å². The molecule has 1 heterocycles. The van der Waals surface area contributed by atoms with E-state index in [0.29, 0.717) is 5.69 Å². The van der Waals surface area contributed by atoms with E-state index in [1.807, 2.05) is 13.0 Å². The van der Waals surface area contributed by atoms with E-state index in [-0.39, 0.29) is 11.7 Å². The fourth-order valence-electron chi connectivity index (χ4n) is 1.04. The van der Waals surface area contributed by atoms with Gasteiger partial charge in [-0.1, -0.05) is 6.07 Å². The van der Waals surface area contributed by atoms with Crippen molar-refractivity contribution in [1.82, 2.24) is 10.3 Å². The number of nitrogens with one attached hydrogen (secondary N) is 1. The SMILES string of the molecule is CC(=O)[C@H](C)NC(=O)c1cccc(C)n1. The minimum absolute atomic E-state index is 0.0731. The number of amides is 1. The minimum Gasteiger partial charge on any atom is -0.341 e. The van der Waals surface area contributed by atoms with Gasteiger partial charge in [-0.15, -0.1) is 0 Å². The first-order valence-electron chi connectivity index (χ1n) is 4.75. The van der Waals surface area contributed by atoms with Gasteiger partial charge in [-0.05, 0) is 32.9 Å². The molecule has 0 aliphatic carbocycles. The zero-order chi connectivity index (χ0) is 11.4. The summed E-state index contributed by atoms with van der Waals surface area (Å²) >= 11 is 0. The predicted octanol–water partition coefficient (Wildman–Crippen LogP) is 1.10. The summed E-state index contributed by atoms with van der Waals surface area (Å²) in [6.45, 7) is 4.90. The van der Waals surface area contributed by atoms with Crippen molar-refractivity contribution in [2.24, 2.45) is 0 Å². The Bertz CT molecular complexity index is 388. The molecule has 0 aliphatic rings. The number of aryl methyl sites for hydroxylation is 1. The monoisotopic (exact) mass is 206 g/mol. The maximum atomic E-state index is 11.6. The fourth-order valence-corrected chi connectivity index (χ4v) is 1.04. The number of ketones is 1. The van der Waals surface area contributed by atoms with E-state index in [0.717, 1.165) is 5.69 Å². The van der Waals surface area contributed by atoms with E-state index in [1.165, 1.54) is 6.92 Å². The van der Waals surface area contributed by atoms with E-state index in [9.17, 15) is 9.59 Å². The van der Waals surface area contributed by atoms with Crippen molar-refractivity contribution in [1.29, 1.82) is 0 Å². The fraction of sp³-hybridized carbons (Fsp3) is 0.364. The van der Waals surface area contributed by atoms with Crippen molar-refractivity contribution >= 4 is 11.7 Å². The van der Waals surface area contributed by atoms with Gasteiger partial charge in [-0.2, -0.15) is 0 Å². The minimum atomic E-state index is -0.472. The predicted molar refractivity (Wildman–Crippen MR) is 56.6 cm³/mol. The third kappa shape index (κ3) is 3.16. The van der Waals surface area contributed by atoms with Gasteiger partial charge in [0.25, 0.3) is 5.91 Å². The standard InChI is InChI=1S/C11H14N2O2/c1-7-5-4-6-10(12-7)11(15)13-8(2)9(3)14/h4-6,8H,1-3H3,(H,13,15)/t8-/m0/s1. The molecule has 0 radical (unpaired) electrons. The molecule has 0 fully saturated rings. The molecule has 0 unspecified atom stereocenters. The van der Waals surface area contributed by atoms with E-state index in [2.05, 4.69) is 10.3 Å². The quantitative estimate of drug-likeness (QED) is 0.805. The number of aromatic nitrogens is 1. The van der Waals surface area contributed by atoms with Gasteiger partial charge in [0.1, 0.15) is 5.69 Å². The lowest BCUT2D eigenvalue weighted by Gasteiger charge is -2.09. The number of Topliss-reactive ketones (excluding diaryl/α,β-unsaturated/α-hetero) is 1. The second-order valence-corrected chi connectivity index (χ2v) is 3.47. The summed E-state index contributed by atoms with van der Waals surface area (Å²) in [4.78, 5) is 26.6. The Morgan fingerprint density at radius 1 is 1.40 bits per heavy atom. The first-order chi connectivity index (χ1) is 7.00. The van der Waals surface area contributed by atoms with E-state index < -0.39 is 6.04 Å². The molecule has 80 valence electrons. The molecular formula is C11H14N2O2. The van der Waals surface area contributed by atoms with Crippen molar-refractivity contribution < 1.29 is 9.59 Å². The van der Waals surface area contributed by atoms with Crippen LogP contribution < -0.4 is 5.32 Å². The van der Waals surface area contributed by atoms with Crippen molar-refractivity contribution in [3.8, 4) is 0 Å². The Morgan fingerprint density at radius 3 is 2.60 bits per heavy atom. The molecule has 0 saturated carbocycles. The molecule has 4 nitrogen and oxygen atoms in total. The molecule has 1 aromatic heterocycles. The zero-order valence-corrected chi connectivity index (χ0v) is 9.07. The van der Waals surface area contributed by atoms with Crippen LogP contribution in [0.15, 0.2) is 18.2 Å². The molecule has 4 heteroatoms. The van der Waals surface area contributed by atoms with Gasteiger partial charge >= 0.3 is 0 Å². The first-order valence-corrected chi connectivity index (χ1v) is 4.75. The normalized spacial score (nSPS) is 11.9. The van der Waals surface area contributed by atoms with Gasteiger partial charge in [0.05, 0.1) is 6.04 Å². The lowest BCUT2D eigenvalue weighted by Crippen LogP contribution is -2.37. The van der Waals surface area contributed by atoms with Crippen LogP contribution in [-0.2, 0) is 4.79 Å². The van der Waals surface area contributed by atoms with Crippen LogP contribution in [0.5, 0.6) is 0 Å². The van der Waals surface area contributed by atoms with Crippen LogP contribution in [0.3, 0.4) is 0 Å². The highest BCUT2D eigenvalue weighted by molar-refractivity contribution is 5.95. The largest absolute Gasteiger partial charge is 0.341 e. The Hall–Kier alpha value is -1.71. The molecular weight excluding hydrogens is 192 g/mol. The summed E-state index contributed by atoms with van der Waals surface area (Å²) in [5.41, 5.74) is 1.11. The lowest BCUT2D eigenvalue weighted by molar-refractivity contribution is -0.118. The molecule has 0 saturated heterocycles. The summed E-state index contributed by atoms with van der Waals surface area (Å²) in [6.07, 6.45) is 0. The van der Waals surface area contributed by atoms with Gasteiger partial charge in [0.2, 0.25) is 0 Å². The van der Waals surface area contributed by atoms with Crippen LogP contribution in [-0.4, -0.2) is 22.7 Å². The molecule has 1 atom stereocenters. The lowest BCUT2D eigenvalue weighted by atomic mass is 10.2. The van der Waals surface area contributed by atoms with E-state index in [1.54, 1.807) is 19.1 Å². The molecule has 1 N–H and O–H groups in total. The molecule has 1 aromatic rings. The summed E-state index contributed by atoms with van der Waals surface area (Å²) < 4.78 is 0. The number of pyridine rings is 1. The van der Waals surface area contributed by atoms with Crippen molar-refractivity contribution in [2.75, 3.05) is 0 Å². The van der Waals surface area contributed by atoms with Gasteiger partial charge < -0.3 is 5.32 Å². The number of hydrogen-bond donors (Lipinski definition) is 1. The summed E-state index contributed by atoms with van der Waals surface area (Å²) in [5.74, 6) is -0.391. The molecule has 15 heavy (non-hydrogen) atoms. The Labute approximate surface area is 88.7 Å². The smallest absolute Gasteiger partial charge is 0.270 e. The topological polar surface area (TPSA) is 59.1 Å².